The van der Waals surface area contributed by atoms with Gasteiger partial charge in [0.25, 0.3) is 11.5 Å². The summed E-state index contributed by atoms with van der Waals surface area (Å²) in [7, 11) is 0. The second-order valence-electron chi connectivity index (χ2n) is 11.7. The van der Waals surface area contributed by atoms with Gasteiger partial charge in [0.1, 0.15) is 28.5 Å². The third-order valence-corrected chi connectivity index (χ3v) is 8.44. The number of benzene rings is 2. The number of aromatic nitrogens is 3. The van der Waals surface area contributed by atoms with Gasteiger partial charge in [-0.05, 0) is 81.1 Å². The Labute approximate surface area is 274 Å². The Morgan fingerprint density at radius 3 is 2.52 bits per heavy atom. The molecule has 2 saturated heterocycles. The fraction of sp³-hybridized carbons (Fsp3) is 0.314. The van der Waals surface area contributed by atoms with E-state index in [-0.39, 0.29) is 40.3 Å². The van der Waals surface area contributed by atoms with E-state index in [1.54, 1.807) is 6.07 Å². The highest BCUT2D eigenvalue weighted by molar-refractivity contribution is 6.03. The molecule has 0 aliphatic carbocycles. The molecule has 2 aliphatic rings. The summed E-state index contributed by atoms with van der Waals surface area (Å²) in [4.78, 5) is 44.6. The van der Waals surface area contributed by atoms with Crippen molar-refractivity contribution in [3.05, 3.63) is 105 Å². The van der Waals surface area contributed by atoms with Crippen LogP contribution in [0.1, 0.15) is 54.1 Å². The number of nitrogens with zero attached hydrogens (tertiary/aromatic N) is 3. The third kappa shape index (κ3) is 7.30. The third-order valence-electron chi connectivity index (χ3n) is 8.44. The topological polar surface area (TPSA) is 143 Å². The van der Waals surface area contributed by atoms with Gasteiger partial charge in [-0.3, -0.25) is 14.2 Å². The number of ether oxygens (including phenoxy) is 2. The molecule has 0 unspecified atom stereocenters. The van der Waals surface area contributed by atoms with Gasteiger partial charge < -0.3 is 25.8 Å². The molecule has 2 aromatic carbocycles. The summed E-state index contributed by atoms with van der Waals surface area (Å²) >= 11 is 0. The van der Waals surface area contributed by atoms with E-state index in [2.05, 4.69) is 27.5 Å². The molecular formula is C35H34F2N6O5. The number of anilines is 2. The number of piperidine rings is 1. The molecule has 0 radical (unpaired) electrons. The van der Waals surface area contributed by atoms with E-state index in [1.165, 1.54) is 41.2 Å². The molecule has 4 N–H and O–H groups in total. The van der Waals surface area contributed by atoms with Crippen LogP contribution < -0.4 is 32.4 Å². The van der Waals surface area contributed by atoms with E-state index in [0.717, 1.165) is 48.7 Å². The number of nitrogen functional groups attached to an aromatic ring is 1. The molecule has 6 rings (SSSR count). The van der Waals surface area contributed by atoms with Crippen LogP contribution in [-0.4, -0.2) is 46.3 Å². The van der Waals surface area contributed by atoms with Crippen LogP contribution in [0.3, 0.4) is 0 Å². The number of pyridine rings is 1. The highest BCUT2D eigenvalue weighted by atomic mass is 19.1. The Morgan fingerprint density at radius 1 is 1.04 bits per heavy atom. The Balaban J connectivity index is 1.25. The molecule has 11 nitrogen and oxygen atoms in total. The van der Waals surface area contributed by atoms with Crippen LogP contribution in [0.5, 0.6) is 11.5 Å². The van der Waals surface area contributed by atoms with E-state index >= 15 is 4.39 Å². The number of nitrogens with two attached hydrogens (primary N) is 1. The van der Waals surface area contributed by atoms with Crippen LogP contribution in [0.2, 0.25) is 0 Å². The normalized spacial score (nSPS) is 15.4. The molecule has 13 heteroatoms. The van der Waals surface area contributed by atoms with E-state index < -0.39 is 28.8 Å². The SMILES string of the molecule is Nc1nccc(Oc2ccc(NC(=O)c3cn(C4CCOCC4)c(=O)n(-c4ccc(F)cc4)c3=O)cc2F)c1C#CCC1CCNCC1. The predicted octanol–water partition coefficient (Wildman–Crippen LogP) is 4.39. The van der Waals surface area contributed by atoms with Crippen molar-refractivity contribution in [1.82, 2.24) is 19.4 Å². The van der Waals surface area contributed by atoms with E-state index in [9.17, 15) is 18.8 Å². The maximum Gasteiger partial charge on any atom is 0.335 e. The zero-order chi connectivity index (χ0) is 33.6. The molecule has 4 aromatic rings. The van der Waals surface area contributed by atoms with Crippen LogP contribution >= 0.6 is 0 Å². The number of hydrogen-bond acceptors (Lipinski definition) is 8. The molecule has 2 aromatic heterocycles. The first-order chi connectivity index (χ1) is 23.3. The fourth-order valence-electron chi connectivity index (χ4n) is 5.79. The average Bonchev–Trinajstić information content (AvgIpc) is 3.09. The van der Waals surface area contributed by atoms with Gasteiger partial charge in [-0.2, -0.15) is 0 Å². The summed E-state index contributed by atoms with van der Waals surface area (Å²) in [6, 6.07) is 9.79. The Hall–Kier alpha value is -5.32. The first kappa shape index (κ1) is 32.6. The summed E-state index contributed by atoms with van der Waals surface area (Å²) in [5.74, 6) is 4.70. The van der Waals surface area contributed by atoms with Crippen molar-refractivity contribution in [3.8, 4) is 29.0 Å². The van der Waals surface area contributed by atoms with Crippen molar-refractivity contribution in [2.45, 2.75) is 38.1 Å². The molecule has 48 heavy (non-hydrogen) atoms. The largest absolute Gasteiger partial charge is 0.453 e. The maximum absolute atomic E-state index is 15.4. The quantitative estimate of drug-likeness (QED) is 0.249. The summed E-state index contributed by atoms with van der Waals surface area (Å²) in [5.41, 5.74) is 4.64. The summed E-state index contributed by atoms with van der Waals surface area (Å²) in [5, 5.41) is 5.87. The summed E-state index contributed by atoms with van der Waals surface area (Å²) in [6.45, 7) is 2.73. The zero-order valence-corrected chi connectivity index (χ0v) is 26.0. The van der Waals surface area contributed by atoms with Gasteiger partial charge in [-0.1, -0.05) is 11.8 Å². The minimum absolute atomic E-state index is 0.0395. The standard InChI is InChI=1S/C35H34F2N6O5/c36-23-4-7-26(8-5-23)43-34(45)28(21-42(35(43)46)25-13-18-47-19-14-25)33(44)41-24-6-9-31(29(37)20-24)48-30-12-17-40-32(38)27(30)3-1-2-22-10-15-39-16-11-22/h4-9,12,17,20-22,25,39H,2,10-11,13-16,18-19H2,(H2,38,40)(H,41,44). The van der Waals surface area contributed by atoms with Gasteiger partial charge in [-0.15, -0.1) is 0 Å². The van der Waals surface area contributed by atoms with Crippen molar-refractivity contribution in [3.63, 3.8) is 0 Å². The van der Waals surface area contributed by atoms with Gasteiger partial charge in [0.15, 0.2) is 11.6 Å². The molecule has 0 spiro atoms. The maximum atomic E-state index is 15.4. The fourth-order valence-corrected chi connectivity index (χ4v) is 5.79. The molecular weight excluding hydrogens is 622 g/mol. The molecule has 2 fully saturated rings. The Kier molecular flexibility index (Phi) is 9.94. The van der Waals surface area contributed by atoms with Crippen LogP contribution in [0.4, 0.5) is 20.3 Å². The Bertz CT molecular complexity index is 1990. The van der Waals surface area contributed by atoms with Crippen molar-refractivity contribution in [1.29, 1.82) is 0 Å². The molecule has 248 valence electrons. The molecule has 4 heterocycles. The lowest BCUT2D eigenvalue weighted by Crippen LogP contribution is -2.44. The van der Waals surface area contributed by atoms with Crippen molar-refractivity contribution in [2.24, 2.45) is 5.92 Å². The minimum atomic E-state index is -0.906. The highest BCUT2D eigenvalue weighted by Gasteiger charge is 2.24. The number of hydrogen-bond donors (Lipinski definition) is 3. The summed E-state index contributed by atoms with van der Waals surface area (Å²) in [6.07, 6.45) is 6.41. The first-order valence-corrected chi connectivity index (χ1v) is 15.7. The predicted molar refractivity (Wildman–Crippen MR) is 176 cm³/mol. The van der Waals surface area contributed by atoms with Crippen molar-refractivity contribution < 1.29 is 23.0 Å². The van der Waals surface area contributed by atoms with E-state index in [4.69, 9.17) is 15.2 Å². The van der Waals surface area contributed by atoms with Gasteiger partial charge in [0.2, 0.25) is 0 Å². The minimum Gasteiger partial charge on any atom is -0.453 e. The second-order valence-corrected chi connectivity index (χ2v) is 11.7. The average molecular weight is 657 g/mol. The molecule has 0 atom stereocenters. The number of halogens is 2. The van der Waals surface area contributed by atoms with Crippen molar-refractivity contribution in [2.75, 3.05) is 37.4 Å². The van der Waals surface area contributed by atoms with Crippen LogP contribution in [0, 0.1) is 29.4 Å². The van der Waals surface area contributed by atoms with E-state index in [0.29, 0.717) is 44.0 Å². The molecule has 1 amide bonds. The van der Waals surface area contributed by atoms with Gasteiger partial charge in [0.05, 0.1) is 5.69 Å². The van der Waals surface area contributed by atoms with Crippen LogP contribution in [-0.2, 0) is 4.74 Å². The van der Waals surface area contributed by atoms with Crippen LogP contribution in [0.15, 0.2) is 70.5 Å². The first-order valence-electron chi connectivity index (χ1n) is 15.7. The van der Waals surface area contributed by atoms with Gasteiger partial charge in [-0.25, -0.2) is 23.1 Å². The van der Waals surface area contributed by atoms with Crippen LogP contribution in [0.25, 0.3) is 5.69 Å². The lowest BCUT2D eigenvalue weighted by molar-refractivity contribution is 0.0679. The van der Waals surface area contributed by atoms with E-state index in [1.807, 2.05) is 0 Å². The monoisotopic (exact) mass is 656 g/mol. The molecule has 2 aliphatic heterocycles. The number of rotatable bonds is 7. The highest BCUT2D eigenvalue weighted by Crippen LogP contribution is 2.31. The van der Waals surface area contributed by atoms with Crippen molar-refractivity contribution >= 4 is 17.4 Å². The lowest BCUT2D eigenvalue weighted by atomic mass is 9.95. The van der Waals surface area contributed by atoms with Gasteiger partial charge in [0, 0.05) is 55.9 Å². The summed E-state index contributed by atoms with van der Waals surface area (Å²) < 4.78 is 42.4. The number of carbonyl (C=O) groups excluding carboxylic acids is 1. The molecule has 0 saturated carbocycles. The number of nitrogens with one attached hydrogen (secondary N) is 2. The molecule has 0 bridgehead atoms. The number of carbonyl (C=O) groups is 1. The zero-order valence-electron chi connectivity index (χ0n) is 26.0. The smallest absolute Gasteiger partial charge is 0.335 e. The lowest BCUT2D eigenvalue weighted by Gasteiger charge is -2.25. The van der Waals surface area contributed by atoms with Gasteiger partial charge >= 0.3 is 5.69 Å². The number of amides is 1. The second kappa shape index (κ2) is 14.6. The Morgan fingerprint density at radius 2 is 1.79 bits per heavy atom.